The third kappa shape index (κ3) is 2.33. The van der Waals surface area contributed by atoms with Crippen LogP contribution in [0.3, 0.4) is 0 Å². The highest BCUT2D eigenvalue weighted by Gasteiger charge is 2.14. The van der Waals surface area contributed by atoms with Crippen LogP contribution >= 0.6 is 0 Å². The Hall–Kier alpha value is -1.43. The van der Waals surface area contributed by atoms with Crippen LogP contribution in [0.5, 0.6) is 0 Å². The minimum atomic E-state index is -3.26. The summed E-state index contributed by atoms with van der Waals surface area (Å²) in [5.41, 5.74) is 0.730. The molecule has 0 aliphatic carbocycles. The zero-order valence-corrected chi connectivity index (χ0v) is 9.58. The molecule has 0 amide bonds. The molecule has 0 aliphatic rings. The molecule has 6 heteroatoms. The van der Waals surface area contributed by atoms with Crippen LogP contribution in [0.15, 0.2) is 27.7 Å². The van der Waals surface area contributed by atoms with E-state index in [2.05, 4.69) is 14.9 Å². The van der Waals surface area contributed by atoms with Gasteiger partial charge in [0.15, 0.2) is 15.4 Å². The first kappa shape index (κ1) is 11.6. The van der Waals surface area contributed by atoms with Crippen molar-refractivity contribution < 1.29 is 13.0 Å². The molecular formula is C9H12N2O3S. The molecule has 0 saturated carbocycles. The smallest absolute Gasteiger partial charge is 0.177 e. The number of fused-ring (bicyclic) bond motifs is 1. The van der Waals surface area contributed by atoms with E-state index in [-0.39, 0.29) is 10.4 Å². The van der Waals surface area contributed by atoms with Gasteiger partial charge in [0.1, 0.15) is 5.52 Å². The van der Waals surface area contributed by atoms with Crippen molar-refractivity contribution in [3.05, 3.63) is 18.2 Å². The van der Waals surface area contributed by atoms with Crippen LogP contribution in [-0.2, 0) is 9.84 Å². The van der Waals surface area contributed by atoms with Crippen molar-refractivity contribution in [3.63, 3.8) is 0 Å². The number of sulfone groups is 1. The van der Waals surface area contributed by atoms with Crippen LogP contribution in [0.4, 0.5) is 0 Å². The van der Waals surface area contributed by atoms with Crippen molar-refractivity contribution >= 4 is 20.9 Å². The summed E-state index contributed by atoms with van der Waals surface area (Å²) in [6.07, 6.45) is 1.12. The largest absolute Gasteiger partial charge is 0.243 e. The van der Waals surface area contributed by atoms with Gasteiger partial charge in [-0.05, 0) is 22.4 Å². The average molecular weight is 228 g/mol. The molecule has 0 spiro atoms. The number of hydrogen-bond acceptors (Lipinski definition) is 5. The zero-order chi connectivity index (χ0) is 11.5. The second-order valence-electron chi connectivity index (χ2n) is 2.66. The van der Waals surface area contributed by atoms with Crippen LogP contribution in [0.1, 0.15) is 13.8 Å². The molecule has 0 fully saturated rings. The number of benzene rings is 1. The minimum absolute atomic E-state index is 0.145. The number of hydrogen-bond donors (Lipinski definition) is 0. The number of aromatic nitrogens is 2. The van der Waals surface area contributed by atoms with E-state index in [1.807, 2.05) is 13.8 Å². The van der Waals surface area contributed by atoms with Crippen molar-refractivity contribution in [1.82, 2.24) is 10.3 Å². The summed E-state index contributed by atoms with van der Waals surface area (Å²) in [6, 6.07) is 4.71. The fourth-order valence-electron chi connectivity index (χ4n) is 1.08. The van der Waals surface area contributed by atoms with Crippen LogP contribution in [0.2, 0.25) is 0 Å². The van der Waals surface area contributed by atoms with Gasteiger partial charge < -0.3 is 0 Å². The van der Waals surface area contributed by atoms with Crippen LogP contribution in [0.25, 0.3) is 11.0 Å². The highest BCUT2D eigenvalue weighted by molar-refractivity contribution is 7.91. The Labute approximate surface area is 88.0 Å². The quantitative estimate of drug-likeness (QED) is 0.742. The van der Waals surface area contributed by atoms with Crippen molar-refractivity contribution in [1.29, 1.82) is 0 Å². The molecule has 0 N–H and O–H groups in total. The molecule has 0 unspecified atom stereocenters. The molecule has 0 aliphatic heterocycles. The van der Waals surface area contributed by atoms with Crippen molar-refractivity contribution in [3.8, 4) is 0 Å². The van der Waals surface area contributed by atoms with E-state index in [1.165, 1.54) is 6.07 Å². The van der Waals surface area contributed by atoms with E-state index in [4.69, 9.17) is 0 Å². The molecule has 0 radical (unpaired) electrons. The summed E-state index contributed by atoms with van der Waals surface area (Å²) in [5.74, 6) is 0. The van der Waals surface area contributed by atoms with Crippen molar-refractivity contribution in [2.24, 2.45) is 0 Å². The molecule has 0 bridgehead atoms. The predicted molar refractivity (Wildman–Crippen MR) is 56.3 cm³/mol. The summed E-state index contributed by atoms with van der Waals surface area (Å²) in [5, 5.41) is 7.06. The molecule has 1 aromatic carbocycles. The Morgan fingerprint density at radius 2 is 1.87 bits per heavy atom. The minimum Gasteiger partial charge on any atom is -0.243 e. The Morgan fingerprint density at radius 1 is 1.20 bits per heavy atom. The highest BCUT2D eigenvalue weighted by atomic mass is 32.2. The molecule has 0 atom stereocenters. The fraction of sp³-hybridized carbons (Fsp3) is 0.333. The monoisotopic (exact) mass is 228 g/mol. The van der Waals surface area contributed by atoms with Gasteiger partial charge in [-0.25, -0.2) is 13.0 Å². The molecule has 2 rings (SSSR count). The summed E-state index contributed by atoms with van der Waals surface area (Å²) in [7, 11) is -3.26. The standard InChI is InChI=1S/C7H6N2O3S.C2H6/c1-13(10,11)6-4-2-3-5-7(6)9-12-8-5;1-2/h2-4H,1H3;1-2H3. The lowest BCUT2D eigenvalue weighted by molar-refractivity contribution is 0.315. The first-order valence-electron chi connectivity index (χ1n) is 4.50. The van der Waals surface area contributed by atoms with E-state index in [1.54, 1.807) is 12.1 Å². The molecule has 1 aromatic heterocycles. The van der Waals surface area contributed by atoms with Gasteiger partial charge in [0.2, 0.25) is 0 Å². The fourth-order valence-corrected chi connectivity index (χ4v) is 1.90. The Morgan fingerprint density at radius 3 is 2.47 bits per heavy atom. The third-order valence-corrected chi connectivity index (χ3v) is 2.78. The highest BCUT2D eigenvalue weighted by Crippen LogP contribution is 2.18. The second kappa shape index (κ2) is 4.39. The summed E-state index contributed by atoms with van der Waals surface area (Å²) in [4.78, 5) is 0.145. The van der Waals surface area contributed by atoms with Gasteiger partial charge in [-0.1, -0.05) is 19.9 Å². The Bertz CT molecular complexity index is 545. The van der Waals surface area contributed by atoms with Crippen LogP contribution in [-0.4, -0.2) is 25.0 Å². The normalized spacial score (nSPS) is 10.9. The molecule has 5 nitrogen and oxygen atoms in total. The van der Waals surface area contributed by atoms with E-state index < -0.39 is 9.84 Å². The number of rotatable bonds is 1. The lowest BCUT2D eigenvalue weighted by Crippen LogP contribution is -1.97. The maximum Gasteiger partial charge on any atom is 0.177 e. The SMILES string of the molecule is CC.CS(=O)(=O)c1cccc2nonc12. The molecule has 0 saturated heterocycles. The first-order chi connectivity index (χ1) is 7.09. The Balaban J connectivity index is 0.000000531. The van der Waals surface area contributed by atoms with E-state index in [0.29, 0.717) is 5.52 Å². The van der Waals surface area contributed by atoms with Gasteiger partial charge in [-0.15, -0.1) is 0 Å². The van der Waals surface area contributed by atoms with Gasteiger partial charge >= 0.3 is 0 Å². The van der Waals surface area contributed by atoms with Crippen molar-refractivity contribution in [2.75, 3.05) is 6.26 Å². The van der Waals surface area contributed by atoms with Gasteiger partial charge in [-0.3, -0.25) is 0 Å². The van der Waals surface area contributed by atoms with E-state index in [9.17, 15) is 8.42 Å². The molecule has 1 heterocycles. The maximum atomic E-state index is 11.2. The summed E-state index contributed by atoms with van der Waals surface area (Å²) in [6.45, 7) is 4.00. The van der Waals surface area contributed by atoms with Crippen LogP contribution < -0.4 is 0 Å². The van der Waals surface area contributed by atoms with E-state index in [0.717, 1.165) is 6.26 Å². The average Bonchev–Trinajstić information content (AvgIpc) is 2.66. The lowest BCUT2D eigenvalue weighted by atomic mass is 10.3. The molecular weight excluding hydrogens is 216 g/mol. The topological polar surface area (TPSA) is 73.1 Å². The van der Waals surface area contributed by atoms with Gasteiger partial charge in [0.25, 0.3) is 0 Å². The third-order valence-electron chi connectivity index (χ3n) is 1.65. The van der Waals surface area contributed by atoms with Gasteiger partial charge in [-0.2, -0.15) is 0 Å². The molecule has 15 heavy (non-hydrogen) atoms. The lowest BCUT2D eigenvalue weighted by Gasteiger charge is -1.95. The predicted octanol–water partition coefficient (Wildman–Crippen LogP) is 1.65. The second-order valence-corrected chi connectivity index (χ2v) is 4.64. The summed E-state index contributed by atoms with van der Waals surface area (Å²) < 4.78 is 26.9. The zero-order valence-electron chi connectivity index (χ0n) is 8.76. The number of nitrogens with zero attached hydrogens (tertiary/aromatic N) is 2. The van der Waals surface area contributed by atoms with Crippen LogP contribution in [0, 0.1) is 0 Å². The molecule has 2 aromatic rings. The van der Waals surface area contributed by atoms with Crippen molar-refractivity contribution in [2.45, 2.75) is 18.7 Å². The molecule has 82 valence electrons. The Kier molecular flexibility index (Phi) is 3.41. The maximum absolute atomic E-state index is 11.2. The summed E-state index contributed by atoms with van der Waals surface area (Å²) >= 11 is 0. The first-order valence-corrected chi connectivity index (χ1v) is 6.39. The van der Waals surface area contributed by atoms with Gasteiger partial charge in [0, 0.05) is 6.26 Å². The van der Waals surface area contributed by atoms with Gasteiger partial charge in [0.05, 0.1) is 4.90 Å². The van der Waals surface area contributed by atoms with E-state index >= 15 is 0 Å².